The maximum Gasteiger partial charge on any atom is 0.295 e. The van der Waals surface area contributed by atoms with Crippen LogP contribution in [-0.2, 0) is 47.7 Å². The second-order valence-corrected chi connectivity index (χ2v) is 4.58. The number of rotatable bonds is 12. The fourth-order valence-corrected chi connectivity index (χ4v) is 2.28. The van der Waals surface area contributed by atoms with E-state index in [0.717, 1.165) is 0 Å². The van der Waals surface area contributed by atoms with Gasteiger partial charge in [0.2, 0.25) is 12.2 Å². The van der Waals surface area contributed by atoms with Crippen LogP contribution in [0.4, 0.5) is 0 Å². The van der Waals surface area contributed by atoms with E-state index in [1.165, 1.54) is 0 Å². The standard InChI is InChI=1S/C12H14N4O10.CH4/c13-16-14-1-8(21)15-9-11(24-5-19)10(23-4-18)7(2-22-3-17)26-12(9)25-6-20;/h3-7,9-12H,1-2H2,(H,15,21);1H4/t7?,9?,10-,11+,12?;/m0./s1. The van der Waals surface area contributed by atoms with Crippen LogP contribution in [0.25, 0.3) is 10.4 Å². The van der Waals surface area contributed by atoms with E-state index in [-0.39, 0.29) is 33.3 Å². The zero-order valence-corrected chi connectivity index (χ0v) is 13.0. The maximum atomic E-state index is 11.8. The fourth-order valence-electron chi connectivity index (χ4n) is 2.28. The highest BCUT2D eigenvalue weighted by Crippen LogP contribution is 2.26. The van der Waals surface area contributed by atoms with Crippen molar-refractivity contribution in [3.63, 3.8) is 0 Å². The van der Waals surface area contributed by atoms with E-state index in [9.17, 15) is 24.0 Å². The Morgan fingerprint density at radius 1 is 1.07 bits per heavy atom. The van der Waals surface area contributed by atoms with Gasteiger partial charge in [-0.3, -0.25) is 24.0 Å². The zero-order valence-electron chi connectivity index (χ0n) is 13.0. The van der Waals surface area contributed by atoms with Gasteiger partial charge in [-0.05, 0) is 5.53 Å². The first-order chi connectivity index (χ1) is 12.6. The van der Waals surface area contributed by atoms with Crippen LogP contribution in [0.3, 0.4) is 0 Å². The molecule has 0 spiro atoms. The maximum absolute atomic E-state index is 11.8. The molecule has 27 heavy (non-hydrogen) atoms. The summed E-state index contributed by atoms with van der Waals surface area (Å²) in [4.78, 5) is 56.9. The average Bonchev–Trinajstić information content (AvgIpc) is 2.63. The van der Waals surface area contributed by atoms with E-state index in [0.29, 0.717) is 0 Å². The summed E-state index contributed by atoms with van der Waals surface area (Å²) in [6.07, 6.45) is -5.34. The molecule has 1 N–H and O–H groups in total. The highest BCUT2D eigenvalue weighted by Gasteiger charge is 2.51. The van der Waals surface area contributed by atoms with E-state index in [1.807, 2.05) is 0 Å². The summed E-state index contributed by atoms with van der Waals surface area (Å²) in [6, 6.07) is -1.32. The summed E-state index contributed by atoms with van der Waals surface area (Å²) >= 11 is 0. The van der Waals surface area contributed by atoms with Crippen LogP contribution in [0.2, 0.25) is 0 Å². The molecule has 0 radical (unpaired) electrons. The lowest BCUT2D eigenvalue weighted by Crippen LogP contribution is -2.66. The highest BCUT2D eigenvalue weighted by molar-refractivity contribution is 5.78. The highest BCUT2D eigenvalue weighted by atomic mass is 16.7. The molecule has 14 nitrogen and oxygen atoms in total. The van der Waals surface area contributed by atoms with Crippen LogP contribution in [0.5, 0.6) is 0 Å². The van der Waals surface area contributed by atoms with Gasteiger partial charge in [-0.2, -0.15) is 0 Å². The zero-order chi connectivity index (χ0) is 19.4. The van der Waals surface area contributed by atoms with Crippen LogP contribution in [0.15, 0.2) is 5.11 Å². The van der Waals surface area contributed by atoms with Gasteiger partial charge < -0.3 is 29.0 Å². The van der Waals surface area contributed by atoms with Gasteiger partial charge in [-0.1, -0.05) is 12.5 Å². The second kappa shape index (κ2) is 12.9. The number of azide groups is 1. The summed E-state index contributed by atoms with van der Waals surface area (Å²) in [5.41, 5.74) is 8.23. The van der Waals surface area contributed by atoms with Crippen molar-refractivity contribution in [3.05, 3.63) is 10.4 Å². The third-order valence-corrected chi connectivity index (χ3v) is 3.20. The minimum absolute atomic E-state index is 0. The Bertz CT molecular complexity index is 567. The van der Waals surface area contributed by atoms with Crippen LogP contribution in [0.1, 0.15) is 7.43 Å². The molecule has 3 unspecified atom stereocenters. The number of nitrogens with zero attached hydrogens (tertiary/aromatic N) is 3. The van der Waals surface area contributed by atoms with Gasteiger partial charge in [0.1, 0.15) is 25.3 Å². The first-order valence-corrected chi connectivity index (χ1v) is 6.91. The third kappa shape index (κ3) is 6.80. The van der Waals surface area contributed by atoms with Crippen molar-refractivity contribution in [2.45, 2.75) is 38.1 Å². The van der Waals surface area contributed by atoms with Gasteiger partial charge in [0.25, 0.3) is 25.9 Å². The second-order valence-electron chi connectivity index (χ2n) is 4.58. The number of ether oxygens (including phenoxy) is 5. The molecule has 5 atom stereocenters. The molecule has 14 heteroatoms. The van der Waals surface area contributed by atoms with Crippen molar-refractivity contribution in [3.8, 4) is 0 Å². The normalized spacial score (nSPS) is 26.0. The molecular formula is C13H18N4O10. The molecule has 1 aliphatic rings. The van der Waals surface area contributed by atoms with E-state index >= 15 is 0 Å². The molecule has 0 saturated carbocycles. The number of amides is 1. The van der Waals surface area contributed by atoms with Crippen LogP contribution in [0, 0.1) is 0 Å². The number of nitrogens with one attached hydrogen (secondary N) is 1. The lowest BCUT2D eigenvalue weighted by Gasteiger charge is -2.43. The minimum atomic E-state index is -1.49. The molecule has 1 rings (SSSR count). The van der Waals surface area contributed by atoms with E-state index in [2.05, 4.69) is 20.1 Å². The molecule has 1 aliphatic heterocycles. The fraction of sp³-hybridized carbons (Fsp3) is 0.615. The first-order valence-electron chi connectivity index (χ1n) is 6.91. The van der Waals surface area contributed by atoms with Gasteiger partial charge in [-0.25, -0.2) is 0 Å². The third-order valence-electron chi connectivity index (χ3n) is 3.20. The van der Waals surface area contributed by atoms with E-state index in [1.54, 1.807) is 0 Å². The first kappa shape index (κ1) is 23.6. The van der Waals surface area contributed by atoms with Gasteiger partial charge >= 0.3 is 0 Å². The van der Waals surface area contributed by atoms with Crippen molar-refractivity contribution in [2.75, 3.05) is 13.2 Å². The average molecular weight is 390 g/mol. The molecule has 0 aliphatic carbocycles. The van der Waals surface area contributed by atoms with Crippen molar-refractivity contribution >= 4 is 31.8 Å². The van der Waals surface area contributed by atoms with Crippen LogP contribution >= 0.6 is 0 Å². The molecule has 1 fully saturated rings. The summed E-state index contributed by atoms with van der Waals surface area (Å²) in [5, 5.41) is 5.34. The van der Waals surface area contributed by atoms with Gasteiger partial charge in [0.15, 0.2) is 12.2 Å². The summed E-state index contributed by atoms with van der Waals surface area (Å²) in [7, 11) is 0. The van der Waals surface area contributed by atoms with Gasteiger partial charge in [0.05, 0.1) is 0 Å². The Morgan fingerprint density at radius 3 is 2.26 bits per heavy atom. The molecule has 150 valence electrons. The van der Waals surface area contributed by atoms with Crippen LogP contribution in [-0.4, -0.2) is 75.6 Å². The Morgan fingerprint density at radius 2 is 1.70 bits per heavy atom. The molecule has 1 saturated heterocycles. The summed E-state index contributed by atoms with van der Waals surface area (Å²) in [5.74, 6) is -0.817. The molecule has 0 aromatic carbocycles. The lowest BCUT2D eigenvalue weighted by atomic mass is 9.96. The Hall–Kier alpha value is -3.38. The monoisotopic (exact) mass is 390 g/mol. The molecular weight excluding hydrogens is 372 g/mol. The molecule has 0 bridgehead atoms. The van der Waals surface area contributed by atoms with Crippen molar-refractivity contribution in [1.29, 1.82) is 0 Å². The van der Waals surface area contributed by atoms with Crippen molar-refractivity contribution in [1.82, 2.24) is 5.32 Å². The van der Waals surface area contributed by atoms with Gasteiger partial charge in [-0.15, -0.1) is 0 Å². The van der Waals surface area contributed by atoms with E-state index < -0.39 is 49.7 Å². The predicted octanol–water partition coefficient (Wildman–Crippen LogP) is -1.43. The van der Waals surface area contributed by atoms with Crippen molar-refractivity contribution < 1.29 is 47.7 Å². The quantitative estimate of drug-likeness (QED) is 0.136. The summed E-state index contributed by atoms with van der Waals surface area (Å²) < 4.78 is 24.3. The van der Waals surface area contributed by atoms with Crippen LogP contribution < -0.4 is 5.32 Å². The smallest absolute Gasteiger partial charge is 0.295 e. The van der Waals surface area contributed by atoms with Crippen molar-refractivity contribution in [2.24, 2.45) is 5.11 Å². The van der Waals surface area contributed by atoms with E-state index in [4.69, 9.17) is 24.5 Å². The number of hydrogen-bond donors (Lipinski definition) is 1. The Balaban J connectivity index is 0.00000676. The number of hydrogen-bond acceptors (Lipinski definition) is 11. The van der Waals surface area contributed by atoms with Gasteiger partial charge in [0, 0.05) is 4.91 Å². The predicted molar refractivity (Wildman–Crippen MR) is 82.4 cm³/mol. The molecule has 1 heterocycles. The summed E-state index contributed by atoms with van der Waals surface area (Å²) in [6.45, 7) is -0.888. The Kier molecular flexibility index (Phi) is 11.3. The largest absolute Gasteiger partial charge is 0.465 e. The topological polar surface area (TPSA) is 192 Å². The SMILES string of the molecule is C.[N-]=[N+]=NCC(=O)NC1C(OC=O)OC(COC=O)[C@H](OC=O)[C@@H]1OC=O. The Labute approximate surface area is 152 Å². The lowest BCUT2D eigenvalue weighted by molar-refractivity contribution is -0.263. The molecule has 0 aromatic heterocycles. The minimum Gasteiger partial charge on any atom is -0.465 e. The number of carbonyl (C=O) groups is 5. The molecule has 0 aromatic rings. The number of carbonyl (C=O) groups excluding carboxylic acids is 5. The molecule has 1 amide bonds.